The lowest BCUT2D eigenvalue weighted by molar-refractivity contribution is 0.556. The molecule has 0 aliphatic heterocycles. The normalized spacial score (nSPS) is 15.8. The van der Waals surface area contributed by atoms with Crippen molar-refractivity contribution in [3.8, 4) is 0 Å². The van der Waals surface area contributed by atoms with E-state index < -0.39 is 20.7 Å². The van der Waals surface area contributed by atoms with Crippen LogP contribution in [0.25, 0.3) is 0 Å². The molecule has 0 spiro atoms. The second-order valence-corrected chi connectivity index (χ2v) is 7.65. The van der Waals surface area contributed by atoms with Crippen LogP contribution in [0.5, 0.6) is 0 Å². The number of benzene rings is 1. The number of anilines is 1. The Kier molecular flexibility index (Phi) is 5.40. The summed E-state index contributed by atoms with van der Waals surface area (Å²) in [4.78, 5) is -0.416. The lowest BCUT2D eigenvalue weighted by atomic mass is 9.97. The number of hydrogen-bond donors (Lipinski definition) is 2. The average Bonchev–Trinajstić information content (AvgIpc) is 2.43. The van der Waals surface area contributed by atoms with Gasteiger partial charge in [-0.05, 0) is 60.2 Å². The summed E-state index contributed by atoms with van der Waals surface area (Å²) in [7, 11) is -3.88. The second kappa shape index (κ2) is 6.89. The summed E-state index contributed by atoms with van der Waals surface area (Å²) in [5.74, 6) is -0.819. The van der Waals surface area contributed by atoms with Gasteiger partial charge in [0, 0.05) is 16.7 Å². The molecule has 0 bridgehead atoms. The van der Waals surface area contributed by atoms with Gasteiger partial charge in [0.05, 0.1) is 0 Å². The van der Waals surface area contributed by atoms with E-state index in [2.05, 4.69) is 26.7 Å². The Labute approximate surface area is 132 Å². The largest absolute Gasteiger partial charge is 0.398 e. The van der Waals surface area contributed by atoms with E-state index in [1.807, 2.05) is 0 Å². The van der Waals surface area contributed by atoms with Crippen molar-refractivity contribution in [3.05, 3.63) is 34.1 Å². The van der Waals surface area contributed by atoms with Crippen molar-refractivity contribution < 1.29 is 12.8 Å². The summed E-state index contributed by atoms with van der Waals surface area (Å²) in [6, 6.07) is 2.19. The Hall–Kier alpha value is -0.920. The van der Waals surface area contributed by atoms with Gasteiger partial charge in [0.2, 0.25) is 10.0 Å². The van der Waals surface area contributed by atoms with Gasteiger partial charge in [-0.2, -0.15) is 0 Å². The number of sulfonamides is 1. The summed E-state index contributed by atoms with van der Waals surface area (Å²) in [6.45, 7) is 0.267. The third-order valence-electron chi connectivity index (χ3n) is 3.46. The quantitative estimate of drug-likeness (QED) is 0.611. The average molecular weight is 377 g/mol. The van der Waals surface area contributed by atoms with E-state index in [0.29, 0.717) is 10.9 Å². The zero-order valence-electron chi connectivity index (χ0n) is 11.5. The van der Waals surface area contributed by atoms with Crippen molar-refractivity contribution in [3.63, 3.8) is 0 Å². The van der Waals surface area contributed by atoms with Gasteiger partial charge in [-0.3, -0.25) is 0 Å². The molecule has 0 unspecified atom stereocenters. The van der Waals surface area contributed by atoms with Gasteiger partial charge in [-0.25, -0.2) is 17.5 Å². The highest BCUT2D eigenvalue weighted by Crippen LogP contribution is 2.26. The number of halogens is 2. The van der Waals surface area contributed by atoms with Crippen LogP contribution in [-0.4, -0.2) is 15.0 Å². The minimum atomic E-state index is -3.88. The predicted molar refractivity (Wildman–Crippen MR) is 84.9 cm³/mol. The van der Waals surface area contributed by atoms with Crippen LogP contribution in [-0.2, 0) is 10.0 Å². The first-order valence-electron chi connectivity index (χ1n) is 6.82. The van der Waals surface area contributed by atoms with Crippen LogP contribution in [0.1, 0.15) is 32.1 Å². The highest BCUT2D eigenvalue weighted by Gasteiger charge is 2.20. The third-order valence-corrected chi connectivity index (χ3v) is 5.63. The third kappa shape index (κ3) is 4.28. The Balaban J connectivity index is 2.05. The minimum absolute atomic E-state index is 0.187. The fraction of sp³-hybridized carbons (Fsp3) is 0.429. The first kappa shape index (κ1) is 16.5. The van der Waals surface area contributed by atoms with Crippen LogP contribution < -0.4 is 10.5 Å². The van der Waals surface area contributed by atoms with Crippen molar-refractivity contribution in [2.45, 2.75) is 37.0 Å². The smallest absolute Gasteiger partial charge is 0.243 e. The number of nitrogens with two attached hydrogens (primary N) is 1. The molecule has 1 aliphatic carbocycles. The number of hydrogen-bond acceptors (Lipinski definition) is 3. The molecule has 1 aromatic rings. The Morgan fingerprint density at radius 3 is 2.76 bits per heavy atom. The van der Waals surface area contributed by atoms with Gasteiger partial charge >= 0.3 is 0 Å². The maximum Gasteiger partial charge on any atom is 0.243 e. The van der Waals surface area contributed by atoms with Crippen molar-refractivity contribution in [1.82, 2.24) is 4.72 Å². The molecule has 0 amide bonds. The molecule has 7 heteroatoms. The van der Waals surface area contributed by atoms with Crippen LogP contribution in [0.3, 0.4) is 0 Å². The number of allylic oxidation sites excluding steroid dienone is 1. The van der Waals surface area contributed by atoms with Crippen molar-refractivity contribution in [1.29, 1.82) is 0 Å². The van der Waals surface area contributed by atoms with Gasteiger partial charge < -0.3 is 5.73 Å². The van der Waals surface area contributed by atoms with E-state index in [9.17, 15) is 12.8 Å². The second-order valence-electron chi connectivity index (χ2n) is 5.06. The first-order chi connectivity index (χ1) is 9.90. The van der Waals surface area contributed by atoms with Crippen LogP contribution in [0.15, 0.2) is 33.2 Å². The highest BCUT2D eigenvalue weighted by atomic mass is 79.9. The minimum Gasteiger partial charge on any atom is -0.398 e. The topological polar surface area (TPSA) is 72.2 Å². The van der Waals surface area contributed by atoms with E-state index >= 15 is 0 Å². The fourth-order valence-corrected chi connectivity index (χ4v) is 3.75. The molecule has 21 heavy (non-hydrogen) atoms. The summed E-state index contributed by atoms with van der Waals surface area (Å²) >= 11 is 3.06. The maximum absolute atomic E-state index is 13.8. The van der Waals surface area contributed by atoms with Crippen molar-refractivity contribution in [2.75, 3.05) is 12.3 Å². The lowest BCUT2D eigenvalue weighted by Gasteiger charge is -2.13. The summed E-state index contributed by atoms with van der Waals surface area (Å²) < 4.78 is 40.8. The van der Waals surface area contributed by atoms with Crippen molar-refractivity contribution in [2.24, 2.45) is 0 Å². The summed E-state index contributed by atoms with van der Waals surface area (Å²) in [6.07, 6.45) is 7.24. The molecule has 116 valence electrons. The molecule has 2 rings (SSSR count). The van der Waals surface area contributed by atoms with Gasteiger partial charge in [-0.15, -0.1) is 0 Å². The molecule has 0 saturated heterocycles. The van der Waals surface area contributed by atoms with Crippen LogP contribution >= 0.6 is 15.9 Å². The SMILES string of the molecule is Nc1cc(S(=O)(=O)NCCC2=CCCCC2)c(F)cc1Br. The Bertz CT molecular complexity index is 659. The Morgan fingerprint density at radius 2 is 2.10 bits per heavy atom. The van der Waals surface area contributed by atoms with Crippen molar-refractivity contribution >= 4 is 31.6 Å². The van der Waals surface area contributed by atoms with Crippen LogP contribution in [0.4, 0.5) is 10.1 Å². The molecule has 4 nitrogen and oxygen atoms in total. The molecular formula is C14H18BrFN2O2S. The predicted octanol–water partition coefficient (Wildman–Crippen LogP) is 3.34. The lowest BCUT2D eigenvalue weighted by Crippen LogP contribution is -2.26. The van der Waals surface area contributed by atoms with Gasteiger partial charge in [-0.1, -0.05) is 11.6 Å². The number of nitrogen functional groups attached to an aromatic ring is 1. The van der Waals surface area contributed by atoms with Gasteiger partial charge in [0.1, 0.15) is 10.7 Å². The molecule has 1 aromatic carbocycles. The zero-order valence-corrected chi connectivity index (χ0v) is 13.9. The summed E-state index contributed by atoms with van der Waals surface area (Å²) in [5, 5.41) is 0. The van der Waals surface area contributed by atoms with E-state index in [1.165, 1.54) is 12.0 Å². The van der Waals surface area contributed by atoms with E-state index in [1.54, 1.807) is 0 Å². The van der Waals surface area contributed by atoms with Crippen LogP contribution in [0.2, 0.25) is 0 Å². The number of nitrogens with one attached hydrogen (secondary N) is 1. The van der Waals surface area contributed by atoms with Gasteiger partial charge in [0.25, 0.3) is 0 Å². The molecule has 0 aromatic heterocycles. The molecule has 0 heterocycles. The van der Waals surface area contributed by atoms with E-state index in [0.717, 1.165) is 31.4 Å². The fourth-order valence-electron chi connectivity index (χ4n) is 2.31. The maximum atomic E-state index is 13.8. The highest BCUT2D eigenvalue weighted by molar-refractivity contribution is 9.10. The number of rotatable bonds is 5. The summed E-state index contributed by atoms with van der Waals surface area (Å²) in [5.41, 5.74) is 7.07. The molecule has 1 aliphatic rings. The molecule has 0 fully saturated rings. The zero-order chi connectivity index (χ0) is 15.5. The molecule has 0 radical (unpaired) electrons. The monoisotopic (exact) mass is 376 g/mol. The van der Waals surface area contributed by atoms with E-state index in [-0.39, 0.29) is 12.2 Å². The molecule has 0 atom stereocenters. The van der Waals surface area contributed by atoms with Crippen LogP contribution in [0, 0.1) is 5.82 Å². The van der Waals surface area contributed by atoms with Gasteiger partial charge in [0.15, 0.2) is 0 Å². The van der Waals surface area contributed by atoms with E-state index in [4.69, 9.17) is 5.73 Å². The molecular weight excluding hydrogens is 359 g/mol. The standard InChI is InChI=1S/C14H18BrFN2O2S/c15-11-8-12(16)14(9-13(11)17)21(19,20)18-7-6-10-4-2-1-3-5-10/h4,8-9,18H,1-3,5-7,17H2. The molecule has 0 saturated carbocycles. The molecule has 3 N–H and O–H groups in total. The first-order valence-corrected chi connectivity index (χ1v) is 9.10. The Morgan fingerprint density at radius 1 is 1.33 bits per heavy atom.